The van der Waals surface area contributed by atoms with Gasteiger partial charge in [0.05, 0.1) is 11.8 Å². The number of amides is 5. The first kappa shape index (κ1) is 45.9. The van der Waals surface area contributed by atoms with Crippen molar-refractivity contribution in [2.45, 2.75) is 106 Å². The number of anilines is 1. The Morgan fingerprint density at radius 2 is 1.43 bits per heavy atom. The second-order valence-corrected chi connectivity index (χ2v) is 16.5. The Morgan fingerprint density at radius 3 is 1.98 bits per heavy atom. The van der Waals surface area contributed by atoms with Gasteiger partial charge in [0.15, 0.2) is 0 Å². The molecule has 1 saturated heterocycles. The van der Waals surface area contributed by atoms with Crippen LogP contribution in [0.5, 0.6) is 0 Å². The van der Waals surface area contributed by atoms with E-state index in [-0.39, 0.29) is 50.9 Å². The summed E-state index contributed by atoms with van der Waals surface area (Å²) in [4.78, 5) is 80.1. The van der Waals surface area contributed by atoms with Crippen molar-refractivity contribution in [3.63, 3.8) is 0 Å². The first-order chi connectivity index (χ1) is 25.2. The standard InChI is InChI=1S/C39H65N7O8/c1-27(2)33(44-31(47)15-16-32(48)53-25-24-46-22-20-45(21-23-46)19-17-38(3,4)5)35(50)43-30(10-9-18-41-37(40)52)34(49)42-29-13-11-28(12-14-29)26-54-36(51)39(6,7)8/h11-14,27,30,33H,9-10,15-26H2,1-8H3,(H,42,49)(H,43,50)(H,44,47)(H3,40,41,52)/t30-,33-/m0/s1. The molecular formula is C39H65N7O8. The average Bonchev–Trinajstić information content (AvgIpc) is 3.09. The Hall–Kier alpha value is -4.24. The van der Waals surface area contributed by atoms with Crippen molar-refractivity contribution in [2.24, 2.45) is 22.5 Å². The van der Waals surface area contributed by atoms with Crippen molar-refractivity contribution >= 4 is 41.4 Å². The lowest BCUT2D eigenvalue weighted by molar-refractivity contribution is -0.154. The molecule has 5 amide bonds. The first-order valence-electron chi connectivity index (χ1n) is 19.0. The van der Waals surface area contributed by atoms with E-state index in [0.29, 0.717) is 24.1 Å². The number of nitrogens with zero attached hydrogens (tertiary/aromatic N) is 2. The molecule has 0 aromatic heterocycles. The maximum atomic E-state index is 13.5. The molecule has 0 aliphatic carbocycles. The fourth-order valence-electron chi connectivity index (χ4n) is 5.41. The van der Waals surface area contributed by atoms with Crippen LogP contribution in [0.4, 0.5) is 10.5 Å². The third-order valence-corrected chi connectivity index (χ3v) is 8.94. The van der Waals surface area contributed by atoms with Gasteiger partial charge in [-0.2, -0.15) is 0 Å². The van der Waals surface area contributed by atoms with Gasteiger partial charge in [-0.05, 0) is 75.6 Å². The van der Waals surface area contributed by atoms with Crippen LogP contribution in [0.15, 0.2) is 24.3 Å². The molecule has 1 aromatic rings. The highest BCUT2D eigenvalue weighted by Gasteiger charge is 2.29. The number of urea groups is 1. The van der Waals surface area contributed by atoms with Crippen molar-refractivity contribution in [3.05, 3.63) is 29.8 Å². The molecule has 1 aromatic carbocycles. The lowest BCUT2D eigenvalue weighted by Gasteiger charge is -2.35. The molecule has 0 bridgehead atoms. The number of nitrogens with two attached hydrogens (primary N) is 1. The predicted molar refractivity (Wildman–Crippen MR) is 207 cm³/mol. The van der Waals surface area contributed by atoms with Crippen molar-refractivity contribution in [1.29, 1.82) is 0 Å². The number of piperazine rings is 1. The minimum Gasteiger partial charge on any atom is -0.464 e. The largest absolute Gasteiger partial charge is 0.464 e. The number of benzene rings is 1. The van der Waals surface area contributed by atoms with Gasteiger partial charge in [0.2, 0.25) is 17.7 Å². The van der Waals surface area contributed by atoms with E-state index in [1.54, 1.807) is 58.9 Å². The molecule has 15 heteroatoms. The van der Waals surface area contributed by atoms with Crippen LogP contribution in [-0.2, 0) is 40.1 Å². The van der Waals surface area contributed by atoms with E-state index in [2.05, 4.69) is 51.8 Å². The van der Waals surface area contributed by atoms with Crippen LogP contribution in [0.2, 0.25) is 0 Å². The molecular weight excluding hydrogens is 694 g/mol. The summed E-state index contributed by atoms with van der Waals surface area (Å²) >= 11 is 0. The molecule has 15 nitrogen and oxygen atoms in total. The predicted octanol–water partition coefficient (Wildman–Crippen LogP) is 3.17. The second kappa shape index (κ2) is 22.2. The third kappa shape index (κ3) is 18.7. The SMILES string of the molecule is CC(C)[C@H](NC(=O)CCC(=O)OCCN1CCN(CCC(C)(C)C)CC1)C(=O)N[C@@H](CCCNC(N)=O)C(=O)Nc1ccc(COC(=O)C(C)(C)C)cc1. The Labute approximate surface area is 321 Å². The van der Waals surface area contributed by atoms with E-state index in [4.69, 9.17) is 15.2 Å². The molecule has 54 heavy (non-hydrogen) atoms. The number of hydrogen-bond acceptors (Lipinski definition) is 10. The van der Waals surface area contributed by atoms with Crippen molar-refractivity contribution in [1.82, 2.24) is 25.8 Å². The topological polar surface area (TPSA) is 202 Å². The Kier molecular flexibility index (Phi) is 18.9. The quantitative estimate of drug-likeness (QED) is 0.0972. The van der Waals surface area contributed by atoms with Gasteiger partial charge in [-0.15, -0.1) is 0 Å². The molecule has 2 atom stereocenters. The Morgan fingerprint density at radius 1 is 0.815 bits per heavy atom. The van der Waals surface area contributed by atoms with Crippen molar-refractivity contribution in [3.8, 4) is 0 Å². The molecule has 1 heterocycles. The number of hydrogen-bond donors (Lipinski definition) is 5. The zero-order chi connectivity index (χ0) is 40.5. The van der Waals surface area contributed by atoms with Gasteiger partial charge in [-0.25, -0.2) is 4.79 Å². The normalized spacial score (nSPS) is 15.1. The molecule has 2 rings (SSSR count). The number of ether oxygens (including phenoxy) is 2. The van der Waals surface area contributed by atoms with Crippen LogP contribution < -0.4 is 27.0 Å². The number of esters is 2. The highest BCUT2D eigenvalue weighted by Crippen LogP contribution is 2.20. The van der Waals surface area contributed by atoms with Gasteiger partial charge in [0.25, 0.3) is 0 Å². The molecule has 6 N–H and O–H groups in total. The highest BCUT2D eigenvalue weighted by molar-refractivity contribution is 5.98. The molecule has 0 saturated carbocycles. The van der Waals surface area contributed by atoms with Gasteiger partial charge in [-0.1, -0.05) is 46.8 Å². The molecule has 1 aliphatic heterocycles. The maximum Gasteiger partial charge on any atom is 0.312 e. The molecule has 1 fully saturated rings. The smallest absolute Gasteiger partial charge is 0.312 e. The molecule has 0 unspecified atom stereocenters. The molecule has 0 radical (unpaired) electrons. The number of carbonyl (C=O) groups is 6. The van der Waals surface area contributed by atoms with Crippen LogP contribution >= 0.6 is 0 Å². The number of primary amides is 1. The lowest BCUT2D eigenvalue weighted by Crippen LogP contribution is -2.54. The number of rotatable bonds is 20. The summed E-state index contributed by atoms with van der Waals surface area (Å²) in [6.07, 6.45) is 1.35. The monoisotopic (exact) mass is 759 g/mol. The van der Waals surface area contributed by atoms with E-state index in [1.807, 2.05) is 0 Å². The van der Waals surface area contributed by atoms with Gasteiger partial charge in [0, 0.05) is 51.4 Å². The Balaban J connectivity index is 1.87. The zero-order valence-corrected chi connectivity index (χ0v) is 33.7. The summed E-state index contributed by atoms with van der Waals surface area (Å²) in [5.41, 5.74) is 6.02. The molecule has 304 valence electrons. The summed E-state index contributed by atoms with van der Waals surface area (Å²) in [5, 5.41) is 10.7. The highest BCUT2D eigenvalue weighted by atomic mass is 16.5. The first-order valence-corrected chi connectivity index (χ1v) is 19.0. The fraction of sp³-hybridized carbons (Fsp3) is 0.692. The van der Waals surface area contributed by atoms with E-state index in [0.717, 1.165) is 44.7 Å². The third-order valence-electron chi connectivity index (χ3n) is 8.94. The van der Waals surface area contributed by atoms with Gasteiger partial charge < -0.3 is 41.4 Å². The van der Waals surface area contributed by atoms with Crippen molar-refractivity contribution in [2.75, 3.05) is 57.7 Å². The van der Waals surface area contributed by atoms with E-state index in [9.17, 15) is 28.8 Å². The summed E-state index contributed by atoms with van der Waals surface area (Å²) in [5.74, 6) is -2.73. The Bertz CT molecular complexity index is 1380. The summed E-state index contributed by atoms with van der Waals surface area (Å²) in [6, 6.07) is 4.04. The summed E-state index contributed by atoms with van der Waals surface area (Å²) in [7, 11) is 0. The van der Waals surface area contributed by atoms with E-state index < -0.39 is 47.2 Å². The minimum atomic E-state index is -1.01. The van der Waals surface area contributed by atoms with Crippen LogP contribution in [0.1, 0.15) is 93.1 Å². The minimum absolute atomic E-state index is 0.0788. The fourth-order valence-corrected chi connectivity index (χ4v) is 5.41. The maximum absolute atomic E-state index is 13.5. The zero-order valence-electron chi connectivity index (χ0n) is 33.7. The van der Waals surface area contributed by atoms with E-state index >= 15 is 0 Å². The second-order valence-electron chi connectivity index (χ2n) is 16.5. The van der Waals surface area contributed by atoms with Crippen LogP contribution in [-0.4, -0.2) is 110 Å². The van der Waals surface area contributed by atoms with Gasteiger partial charge in [-0.3, -0.25) is 28.9 Å². The average molecular weight is 760 g/mol. The van der Waals surface area contributed by atoms with Gasteiger partial charge in [0.1, 0.15) is 25.3 Å². The molecule has 1 aliphatic rings. The molecule has 0 spiro atoms. The van der Waals surface area contributed by atoms with Crippen LogP contribution in [0, 0.1) is 16.7 Å². The number of carbonyl (C=O) groups excluding carboxylic acids is 6. The summed E-state index contributed by atoms with van der Waals surface area (Å²) in [6.45, 7) is 21.6. The van der Waals surface area contributed by atoms with Crippen molar-refractivity contribution < 1.29 is 38.2 Å². The lowest BCUT2D eigenvalue weighted by atomic mass is 9.92. The van der Waals surface area contributed by atoms with E-state index in [1.165, 1.54) is 0 Å². The number of nitrogens with one attached hydrogen (secondary N) is 4. The van der Waals surface area contributed by atoms with Crippen LogP contribution in [0.25, 0.3) is 0 Å². The van der Waals surface area contributed by atoms with Crippen LogP contribution in [0.3, 0.4) is 0 Å². The summed E-state index contributed by atoms with van der Waals surface area (Å²) < 4.78 is 10.7. The van der Waals surface area contributed by atoms with Gasteiger partial charge >= 0.3 is 18.0 Å².